The fourth-order valence-electron chi connectivity index (χ4n) is 2.29. The van der Waals surface area contributed by atoms with Crippen molar-refractivity contribution in [3.63, 3.8) is 0 Å². The topological polar surface area (TPSA) is 62.5 Å². The largest absolute Gasteiger partial charge is 0.384 e. The molecule has 1 aromatic heterocycles. The SMILES string of the molecule is O=Nc1c(C(O)c2ccc(F)cc2)ccc2cccnc12. The average molecular weight is 282 g/mol. The molecule has 1 unspecified atom stereocenters. The lowest BCUT2D eigenvalue weighted by Gasteiger charge is -2.14. The molecule has 0 aliphatic rings. The van der Waals surface area contributed by atoms with E-state index in [0.29, 0.717) is 16.6 Å². The molecule has 0 saturated carbocycles. The lowest BCUT2D eigenvalue weighted by Crippen LogP contribution is -2.00. The van der Waals surface area contributed by atoms with Gasteiger partial charge in [0.15, 0.2) is 0 Å². The van der Waals surface area contributed by atoms with Crippen LogP contribution in [-0.4, -0.2) is 10.1 Å². The maximum absolute atomic E-state index is 12.9. The van der Waals surface area contributed by atoms with E-state index in [2.05, 4.69) is 10.2 Å². The minimum absolute atomic E-state index is 0.102. The minimum atomic E-state index is -1.07. The second-order valence-electron chi connectivity index (χ2n) is 4.62. The van der Waals surface area contributed by atoms with E-state index in [9.17, 15) is 14.4 Å². The highest BCUT2D eigenvalue weighted by Gasteiger charge is 2.18. The molecule has 0 bridgehead atoms. The lowest BCUT2D eigenvalue weighted by atomic mass is 9.98. The highest BCUT2D eigenvalue weighted by molar-refractivity contribution is 5.90. The summed E-state index contributed by atoms with van der Waals surface area (Å²) in [4.78, 5) is 15.3. The lowest BCUT2D eigenvalue weighted by molar-refractivity contribution is 0.221. The number of nitrogens with zero attached hydrogens (tertiary/aromatic N) is 2. The van der Waals surface area contributed by atoms with Crippen molar-refractivity contribution in [2.45, 2.75) is 6.10 Å². The van der Waals surface area contributed by atoms with E-state index in [0.717, 1.165) is 5.39 Å². The van der Waals surface area contributed by atoms with Gasteiger partial charge in [-0.25, -0.2) is 4.39 Å². The maximum atomic E-state index is 12.9. The van der Waals surface area contributed by atoms with Crippen LogP contribution in [0.1, 0.15) is 17.2 Å². The van der Waals surface area contributed by atoms with Gasteiger partial charge in [-0.05, 0) is 28.9 Å². The number of aliphatic hydroxyl groups excluding tert-OH is 1. The van der Waals surface area contributed by atoms with Crippen LogP contribution >= 0.6 is 0 Å². The summed E-state index contributed by atoms with van der Waals surface area (Å²) in [6.07, 6.45) is 0.495. The normalized spacial score (nSPS) is 12.3. The molecule has 0 saturated heterocycles. The number of nitroso groups, excluding NO2 is 1. The van der Waals surface area contributed by atoms with Gasteiger partial charge in [0.2, 0.25) is 0 Å². The number of hydrogen-bond donors (Lipinski definition) is 1. The van der Waals surface area contributed by atoms with Gasteiger partial charge in [0.25, 0.3) is 0 Å². The fourth-order valence-corrected chi connectivity index (χ4v) is 2.29. The zero-order valence-electron chi connectivity index (χ0n) is 10.9. The summed E-state index contributed by atoms with van der Waals surface area (Å²) in [6.45, 7) is 0. The summed E-state index contributed by atoms with van der Waals surface area (Å²) >= 11 is 0. The Labute approximate surface area is 119 Å². The summed E-state index contributed by atoms with van der Waals surface area (Å²) in [5.41, 5.74) is 1.37. The Kier molecular flexibility index (Phi) is 3.41. The van der Waals surface area contributed by atoms with Gasteiger partial charge in [-0.3, -0.25) is 4.98 Å². The number of aromatic nitrogens is 1. The third kappa shape index (κ3) is 2.39. The second kappa shape index (κ2) is 5.38. The van der Waals surface area contributed by atoms with Crippen molar-refractivity contribution in [2.24, 2.45) is 5.18 Å². The van der Waals surface area contributed by atoms with E-state index < -0.39 is 6.10 Å². The van der Waals surface area contributed by atoms with Gasteiger partial charge < -0.3 is 5.11 Å². The summed E-state index contributed by atoms with van der Waals surface area (Å²) in [5, 5.41) is 14.2. The number of rotatable bonds is 3. The predicted molar refractivity (Wildman–Crippen MR) is 77.7 cm³/mol. The van der Waals surface area contributed by atoms with Crippen LogP contribution in [0.15, 0.2) is 59.9 Å². The summed E-state index contributed by atoms with van der Waals surface area (Å²) < 4.78 is 12.9. The van der Waals surface area contributed by atoms with E-state index in [1.807, 2.05) is 6.07 Å². The molecule has 0 radical (unpaired) electrons. The highest BCUT2D eigenvalue weighted by Crippen LogP contribution is 2.35. The number of halogens is 1. The molecule has 4 nitrogen and oxygen atoms in total. The molecule has 3 rings (SSSR count). The molecule has 104 valence electrons. The fraction of sp³-hybridized carbons (Fsp3) is 0.0625. The van der Waals surface area contributed by atoms with Crippen LogP contribution in [0.5, 0.6) is 0 Å². The number of hydrogen-bond acceptors (Lipinski definition) is 4. The minimum Gasteiger partial charge on any atom is -0.384 e. The van der Waals surface area contributed by atoms with Crippen molar-refractivity contribution in [3.8, 4) is 0 Å². The van der Waals surface area contributed by atoms with E-state index in [1.165, 1.54) is 24.3 Å². The first-order chi connectivity index (χ1) is 10.2. The second-order valence-corrected chi connectivity index (χ2v) is 4.62. The molecule has 0 aliphatic heterocycles. The van der Waals surface area contributed by atoms with Crippen molar-refractivity contribution < 1.29 is 9.50 Å². The van der Waals surface area contributed by atoms with Crippen molar-refractivity contribution in [1.82, 2.24) is 4.98 Å². The first kappa shape index (κ1) is 13.3. The van der Waals surface area contributed by atoms with Gasteiger partial charge in [-0.15, -0.1) is 4.91 Å². The molecule has 5 heteroatoms. The Bertz CT molecular complexity index is 803. The average Bonchev–Trinajstić information content (AvgIpc) is 2.53. The van der Waals surface area contributed by atoms with Gasteiger partial charge >= 0.3 is 0 Å². The quantitative estimate of drug-likeness (QED) is 0.742. The van der Waals surface area contributed by atoms with Gasteiger partial charge in [-0.2, -0.15) is 0 Å². The molecule has 21 heavy (non-hydrogen) atoms. The van der Waals surface area contributed by atoms with Crippen LogP contribution in [0.4, 0.5) is 10.1 Å². The molecule has 0 aliphatic carbocycles. The number of pyridine rings is 1. The monoisotopic (exact) mass is 282 g/mol. The summed E-state index contributed by atoms with van der Waals surface area (Å²) in [6, 6.07) is 12.4. The zero-order chi connectivity index (χ0) is 14.8. The first-order valence-corrected chi connectivity index (χ1v) is 6.35. The molecule has 1 atom stereocenters. The first-order valence-electron chi connectivity index (χ1n) is 6.35. The molecule has 0 amide bonds. The Morgan fingerprint density at radius 1 is 1.10 bits per heavy atom. The molecular formula is C16H11FN2O2. The van der Waals surface area contributed by atoms with Crippen LogP contribution in [0.3, 0.4) is 0 Å². The maximum Gasteiger partial charge on any atom is 0.140 e. The van der Waals surface area contributed by atoms with Crippen molar-refractivity contribution in [3.05, 3.63) is 76.6 Å². The van der Waals surface area contributed by atoms with Crippen LogP contribution in [0.2, 0.25) is 0 Å². The zero-order valence-corrected chi connectivity index (χ0v) is 10.9. The standard InChI is InChI=1S/C16H11FN2O2/c17-12-6-3-11(4-7-12)16(20)13-8-5-10-2-1-9-18-14(10)15(13)19-21/h1-9,16,20H. The summed E-state index contributed by atoms with van der Waals surface area (Å²) in [5.74, 6) is -0.389. The molecule has 2 aromatic carbocycles. The number of fused-ring (bicyclic) bond motifs is 1. The van der Waals surface area contributed by atoms with Crippen LogP contribution in [-0.2, 0) is 0 Å². The van der Waals surface area contributed by atoms with Gasteiger partial charge in [0.05, 0.1) is 5.52 Å². The predicted octanol–water partition coefficient (Wildman–Crippen LogP) is 3.85. The van der Waals surface area contributed by atoms with E-state index in [-0.39, 0.29) is 11.5 Å². The Morgan fingerprint density at radius 3 is 2.57 bits per heavy atom. The third-order valence-electron chi connectivity index (χ3n) is 3.35. The smallest absolute Gasteiger partial charge is 0.140 e. The summed E-state index contributed by atoms with van der Waals surface area (Å²) in [7, 11) is 0. The number of benzene rings is 2. The molecule has 0 fully saturated rings. The number of aliphatic hydroxyl groups is 1. The Balaban J connectivity index is 2.15. The van der Waals surface area contributed by atoms with E-state index in [1.54, 1.807) is 24.4 Å². The van der Waals surface area contributed by atoms with Gasteiger partial charge in [-0.1, -0.05) is 30.3 Å². The third-order valence-corrected chi connectivity index (χ3v) is 3.35. The van der Waals surface area contributed by atoms with E-state index in [4.69, 9.17) is 0 Å². The molecule has 1 heterocycles. The van der Waals surface area contributed by atoms with E-state index >= 15 is 0 Å². The molecule has 0 spiro atoms. The van der Waals surface area contributed by atoms with Crippen LogP contribution < -0.4 is 0 Å². The van der Waals surface area contributed by atoms with Crippen molar-refractivity contribution >= 4 is 16.6 Å². The molecule has 1 N–H and O–H groups in total. The van der Waals surface area contributed by atoms with Crippen molar-refractivity contribution in [2.75, 3.05) is 0 Å². The Hall–Kier alpha value is -2.66. The highest BCUT2D eigenvalue weighted by atomic mass is 19.1. The van der Waals surface area contributed by atoms with Gasteiger partial charge in [0.1, 0.15) is 17.6 Å². The van der Waals surface area contributed by atoms with Crippen LogP contribution in [0.25, 0.3) is 10.9 Å². The van der Waals surface area contributed by atoms with Gasteiger partial charge in [0, 0.05) is 17.1 Å². The van der Waals surface area contributed by atoms with Crippen molar-refractivity contribution in [1.29, 1.82) is 0 Å². The Morgan fingerprint density at radius 2 is 1.86 bits per heavy atom. The molecular weight excluding hydrogens is 271 g/mol. The van der Waals surface area contributed by atoms with Crippen LogP contribution in [0, 0.1) is 10.7 Å². The molecule has 3 aromatic rings.